The van der Waals surface area contributed by atoms with E-state index in [0.717, 1.165) is 5.56 Å². The van der Waals surface area contributed by atoms with Crippen molar-refractivity contribution in [2.75, 3.05) is 19.5 Å². The SMILES string of the molecule is COc1ccc2c(c1OC)NC(=O)C(NC(=O)OC(C)(C)C)C2. The molecule has 2 N–H and O–H groups in total. The summed E-state index contributed by atoms with van der Waals surface area (Å²) in [5.41, 5.74) is 0.798. The van der Waals surface area contributed by atoms with Gasteiger partial charge in [-0.2, -0.15) is 0 Å². The lowest BCUT2D eigenvalue weighted by atomic mass is 9.98. The number of carbonyl (C=O) groups is 2. The molecule has 0 bridgehead atoms. The van der Waals surface area contributed by atoms with Crippen molar-refractivity contribution < 1.29 is 23.8 Å². The van der Waals surface area contributed by atoms with E-state index in [1.165, 1.54) is 14.2 Å². The molecule has 2 amide bonds. The van der Waals surface area contributed by atoms with E-state index in [9.17, 15) is 9.59 Å². The first-order valence-corrected chi connectivity index (χ1v) is 7.29. The van der Waals surface area contributed by atoms with Gasteiger partial charge in [-0.1, -0.05) is 6.07 Å². The Morgan fingerprint density at radius 2 is 1.96 bits per heavy atom. The van der Waals surface area contributed by atoms with Crippen LogP contribution in [-0.4, -0.2) is 37.9 Å². The lowest BCUT2D eigenvalue weighted by Gasteiger charge is -2.28. The van der Waals surface area contributed by atoms with Crippen molar-refractivity contribution in [2.24, 2.45) is 0 Å². The highest BCUT2D eigenvalue weighted by Gasteiger charge is 2.31. The van der Waals surface area contributed by atoms with Gasteiger partial charge < -0.3 is 24.8 Å². The molecule has 0 saturated heterocycles. The Morgan fingerprint density at radius 3 is 2.52 bits per heavy atom. The number of fused-ring (bicyclic) bond motifs is 1. The number of hydrogen-bond donors (Lipinski definition) is 2. The molecule has 0 spiro atoms. The van der Waals surface area contributed by atoms with E-state index < -0.39 is 17.7 Å². The molecule has 0 fully saturated rings. The second-order valence-corrected chi connectivity index (χ2v) is 6.23. The molecule has 2 rings (SSSR count). The molecule has 1 aliphatic rings. The van der Waals surface area contributed by atoms with Crippen molar-refractivity contribution in [2.45, 2.75) is 38.8 Å². The summed E-state index contributed by atoms with van der Waals surface area (Å²) < 4.78 is 15.7. The molecule has 1 aliphatic heterocycles. The van der Waals surface area contributed by atoms with E-state index in [1.54, 1.807) is 26.8 Å². The number of rotatable bonds is 3. The molecule has 0 radical (unpaired) electrons. The van der Waals surface area contributed by atoms with Crippen molar-refractivity contribution in [3.8, 4) is 11.5 Å². The van der Waals surface area contributed by atoms with E-state index in [0.29, 0.717) is 23.6 Å². The third-order valence-electron chi connectivity index (χ3n) is 3.31. The smallest absolute Gasteiger partial charge is 0.408 e. The van der Waals surface area contributed by atoms with Gasteiger partial charge in [0.05, 0.1) is 19.9 Å². The number of alkyl carbamates (subject to hydrolysis) is 1. The van der Waals surface area contributed by atoms with E-state index >= 15 is 0 Å². The number of methoxy groups -OCH3 is 2. The number of carbonyl (C=O) groups excluding carboxylic acids is 2. The highest BCUT2D eigenvalue weighted by molar-refractivity contribution is 6.01. The van der Waals surface area contributed by atoms with E-state index in [4.69, 9.17) is 14.2 Å². The Labute approximate surface area is 135 Å². The van der Waals surface area contributed by atoms with Crippen molar-refractivity contribution in [3.05, 3.63) is 17.7 Å². The Hall–Kier alpha value is -2.44. The summed E-state index contributed by atoms with van der Waals surface area (Å²) in [4.78, 5) is 24.1. The molecule has 1 aromatic rings. The van der Waals surface area contributed by atoms with Gasteiger partial charge in [0, 0.05) is 6.42 Å². The number of hydrogen-bond acceptors (Lipinski definition) is 5. The molecule has 1 unspecified atom stereocenters. The molecular weight excluding hydrogens is 300 g/mol. The van der Waals surface area contributed by atoms with Crippen molar-refractivity contribution in [3.63, 3.8) is 0 Å². The zero-order valence-corrected chi connectivity index (χ0v) is 14.0. The Bertz CT molecular complexity index is 622. The topological polar surface area (TPSA) is 85.9 Å². The third-order valence-corrected chi connectivity index (χ3v) is 3.31. The summed E-state index contributed by atoms with van der Waals surface area (Å²) in [5.74, 6) is 0.675. The standard InChI is InChI=1S/C16H22N2O5/c1-16(2,3)23-15(20)17-10-8-9-6-7-11(21-4)13(22-5)12(9)18-14(10)19/h6-7,10H,8H2,1-5H3,(H,17,20)(H,18,19). The summed E-state index contributed by atoms with van der Waals surface area (Å²) in [6, 6.07) is 2.90. The van der Waals surface area contributed by atoms with Crippen LogP contribution in [0.4, 0.5) is 10.5 Å². The number of anilines is 1. The molecule has 1 atom stereocenters. The second kappa shape index (κ2) is 6.36. The van der Waals surface area contributed by atoms with E-state index in [2.05, 4.69) is 10.6 Å². The largest absolute Gasteiger partial charge is 0.493 e. The predicted molar refractivity (Wildman–Crippen MR) is 85.0 cm³/mol. The van der Waals surface area contributed by atoms with Crippen molar-refractivity contribution >= 4 is 17.7 Å². The third kappa shape index (κ3) is 3.85. The maximum Gasteiger partial charge on any atom is 0.408 e. The van der Waals surface area contributed by atoms with Gasteiger partial charge in [-0.25, -0.2) is 4.79 Å². The van der Waals surface area contributed by atoms with Crippen LogP contribution in [0.1, 0.15) is 26.3 Å². The first-order chi connectivity index (χ1) is 10.7. The molecular formula is C16H22N2O5. The maximum absolute atomic E-state index is 12.2. The molecule has 1 aromatic carbocycles. The van der Waals surface area contributed by atoms with Crippen molar-refractivity contribution in [1.29, 1.82) is 0 Å². The minimum absolute atomic E-state index is 0.324. The fourth-order valence-corrected chi connectivity index (χ4v) is 2.36. The van der Waals surface area contributed by atoms with Crippen LogP contribution in [0.2, 0.25) is 0 Å². The van der Waals surface area contributed by atoms with Gasteiger partial charge in [0.1, 0.15) is 11.6 Å². The molecule has 0 saturated carbocycles. The van der Waals surface area contributed by atoms with Gasteiger partial charge in [-0.15, -0.1) is 0 Å². The summed E-state index contributed by atoms with van der Waals surface area (Å²) >= 11 is 0. The first kappa shape index (κ1) is 16.9. The average molecular weight is 322 g/mol. The monoisotopic (exact) mass is 322 g/mol. The minimum Gasteiger partial charge on any atom is -0.493 e. The van der Waals surface area contributed by atoms with Crippen LogP contribution in [0.5, 0.6) is 11.5 Å². The van der Waals surface area contributed by atoms with Gasteiger partial charge in [-0.05, 0) is 32.4 Å². The van der Waals surface area contributed by atoms with Crippen LogP contribution >= 0.6 is 0 Å². The molecule has 7 nitrogen and oxygen atoms in total. The van der Waals surface area contributed by atoms with Gasteiger partial charge >= 0.3 is 6.09 Å². The minimum atomic E-state index is -0.699. The van der Waals surface area contributed by atoms with Gasteiger partial charge in [0.15, 0.2) is 11.5 Å². The number of benzene rings is 1. The number of nitrogens with one attached hydrogen (secondary N) is 2. The summed E-state index contributed by atoms with van der Waals surface area (Å²) in [7, 11) is 3.04. The number of ether oxygens (including phenoxy) is 3. The predicted octanol–water partition coefficient (Wildman–Crippen LogP) is 2.09. The Balaban J connectivity index is 2.18. The lowest BCUT2D eigenvalue weighted by Crippen LogP contribution is -2.49. The highest BCUT2D eigenvalue weighted by Crippen LogP contribution is 2.40. The highest BCUT2D eigenvalue weighted by atomic mass is 16.6. The lowest BCUT2D eigenvalue weighted by molar-refractivity contribution is -0.118. The van der Waals surface area contributed by atoms with E-state index in [1.807, 2.05) is 6.07 Å². The van der Waals surface area contributed by atoms with Crippen LogP contribution in [0.3, 0.4) is 0 Å². The Kier molecular flexibility index (Phi) is 4.68. The molecule has 1 heterocycles. The van der Waals surface area contributed by atoms with Gasteiger partial charge in [-0.3, -0.25) is 4.79 Å². The Morgan fingerprint density at radius 1 is 1.26 bits per heavy atom. The normalized spacial score (nSPS) is 16.9. The van der Waals surface area contributed by atoms with E-state index in [-0.39, 0.29) is 5.91 Å². The van der Waals surface area contributed by atoms with Gasteiger partial charge in [0.25, 0.3) is 0 Å². The molecule has 0 aliphatic carbocycles. The molecule has 7 heteroatoms. The fraction of sp³-hybridized carbons (Fsp3) is 0.500. The molecule has 126 valence electrons. The zero-order chi connectivity index (χ0) is 17.2. The fourth-order valence-electron chi connectivity index (χ4n) is 2.36. The van der Waals surface area contributed by atoms with Crippen LogP contribution in [0, 0.1) is 0 Å². The van der Waals surface area contributed by atoms with Crippen LogP contribution in [0.15, 0.2) is 12.1 Å². The van der Waals surface area contributed by atoms with Crippen molar-refractivity contribution in [1.82, 2.24) is 5.32 Å². The van der Waals surface area contributed by atoms with Gasteiger partial charge in [0.2, 0.25) is 5.91 Å². The summed E-state index contributed by atoms with van der Waals surface area (Å²) in [6.07, 6.45) is -0.276. The summed E-state index contributed by atoms with van der Waals surface area (Å²) in [6.45, 7) is 5.29. The quantitative estimate of drug-likeness (QED) is 0.890. The summed E-state index contributed by atoms with van der Waals surface area (Å²) in [5, 5.41) is 5.35. The zero-order valence-electron chi connectivity index (χ0n) is 14.0. The molecule has 0 aromatic heterocycles. The van der Waals surface area contributed by atoms with Crippen LogP contribution in [-0.2, 0) is 16.0 Å². The second-order valence-electron chi connectivity index (χ2n) is 6.23. The van der Waals surface area contributed by atoms with Crippen LogP contribution in [0.25, 0.3) is 0 Å². The first-order valence-electron chi connectivity index (χ1n) is 7.29. The maximum atomic E-state index is 12.2. The average Bonchev–Trinajstić information content (AvgIpc) is 2.45. The van der Waals surface area contributed by atoms with Crippen LogP contribution < -0.4 is 20.1 Å². The molecule has 23 heavy (non-hydrogen) atoms. The number of amides is 2.